The van der Waals surface area contributed by atoms with Gasteiger partial charge in [0.25, 0.3) is 0 Å². The number of rotatable bonds is 3. The van der Waals surface area contributed by atoms with Gasteiger partial charge in [-0.05, 0) is 56.6 Å². The minimum absolute atomic E-state index is 0.492. The number of nitrogens with zero attached hydrogens (tertiary/aromatic N) is 1. The molecule has 1 N–H and O–H groups in total. The molecule has 1 fully saturated rings. The molecule has 96 valence electrons. The molecule has 0 saturated heterocycles. The van der Waals surface area contributed by atoms with Gasteiger partial charge in [0, 0.05) is 6.04 Å². The fourth-order valence-electron chi connectivity index (χ4n) is 3.43. The molecule has 0 aromatic carbocycles. The monoisotopic (exact) mass is 262 g/mol. The third-order valence-corrected chi connectivity index (χ3v) is 4.62. The Kier molecular flexibility index (Phi) is 3.06. The number of fused-ring (bicyclic) bond motifs is 2. The quantitative estimate of drug-likeness (QED) is 0.656. The van der Waals surface area contributed by atoms with Crippen molar-refractivity contribution in [2.45, 2.75) is 32.7 Å². The molecule has 18 heavy (non-hydrogen) atoms. The van der Waals surface area contributed by atoms with E-state index < -0.39 is 0 Å². The number of hydrogen-bond donors (Lipinski definition) is 1. The maximum atomic E-state index is 5.88. The highest BCUT2D eigenvalue weighted by Gasteiger charge is 2.38. The van der Waals surface area contributed by atoms with Crippen molar-refractivity contribution in [3.63, 3.8) is 0 Å². The molecule has 0 radical (unpaired) electrons. The number of nitrogens with one attached hydrogen (secondary N) is 1. The zero-order valence-electron chi connectivity index (χ0n) is 10.9. The molecule has 3 heteroatoms. The van der Waals surface area contributed by atoms with Crippen molar-refractivity contribution in [2.75, 3.05) is 5.32 Å². The summed E-state index contributed by atoms with van der Waals surface area (Å²) in [6.45, 7) is 4.29. The van der Waals surface area contributed by atoms with Crippen LogP contribution < -0.4 is 5.32 Å². The minimum Gasteiger partial charge on any atom is -0.381 e. The second kappa shape index (κ2) is 4.58. The first-order valence-electron chi connectivity index (χ1n) is 6.71. The topological polar surface area (TPSA) is 24.9 Å². The number of aromatic nitrogens is 1. The summed E-state index contributed by atoms with van der Waals surface area (Å²) in [5.41, 5.74) is 2.09. The van der Waals surface area contributed by atoms with E-state index in [0.717, 1.165) is 29.1 Å². The van der Waals surface area contributed by atoms with Gasteiger partial charge >= 0.3 is 0 Å². The van der Waals surface area contributed by atoms with Crippen LogP contribution in [0.3, 0.4) is 0 Å². The highest BCUT2D eigenvalue weighted by atomic mass is 35.5. The molecule has 4 unspecified atom stereocenters. The predicted molar refractivity (Wildman–Crippen MR) is 75.9 cm³/mol. The summed E-state index contributed by atoms with van der Waals surface area (Å²) in [5, 5.41) is 4.17. The summed E-state index contributed by atoms with van der Waals surface area (Å²) in [4.78, 5) is 4.29. The lowest BCUT2D eigenvalue weighted by atomic mass is 9.87. The van der Waals surface area contributed by atoms with Crippen molar-refractivity contribution >= 4 is 17.3 Å². The van der Waals surface area contributed by atoms with Crippen molar-refractivity contribution in [2.24, 2.45) is 17.8 Å². The smallest absolute Gasteiger partial charge is 0.129 e. The van der Waals surface area contributed by atoms with Crippen LogP contribution in [0.1, 0.15) is 25.5 Å². The first kappa shape index (κ1) is 12.0. The van der Waals surface area contributed by atoms with E-state index in [0.29, 0.717) is 11.2 Å². The lowest BCUT2D eigenvalue weighted by Crippen LogP contribution is -2.29. The van der Waals surface area contributed by atoms with Crippen molar-refractivity contribution in [1.29, 1.82) is 0 Å². The lowest BCUT2D eigenvalue weighted by molar-refractivity contribution is 0.399. The molecule has 0 spiro atoms. The average molecular weight is 263 g/mol. The fraction of sp³-hybridized carbons (Fsp3) is 0.533. The summed E-state index contributed by atoms with van der Waals surface area (Å²) in [6.07, 6.45) is 7.48. The minimum atomic E-state index is 0.492. The van der Waals surface area contributed by atoms with E-state index in [1.54, 1.807) is 0 Å². The standard InChI is InChI=1S/C15H19ClN2/c1-9(13-8-11-3-4-12(13)7-11)17-14-5-6-15(16)18-10(14)2/h3-6,9,11-13,17H,7-8H2,1-2H3. The Morgan fingerprint density at radius 3 is 2.78 bits per heavy atom. The van der Waals surface area contributed by atoms with Crippen LogP contribution in [-0.4, -0.2) is 11.0 Å². The molecule has 1 saturated carbocycles. The molecule has 2 bridgehead atoms. The molecule has 1 heterocycles. The zero-order chi connectivity index (χ0) is 12.7. The molecule has 0 amide bonds. The molecule has 4 atom stereocenters. The van der Waals surface area contributed by atoms with Crippen LogP contribution >= 0.6 is 11.6 Å². The van der Waals surface area contributed by atoms with Gasteiger partial charge in [-0.25, -0.2) is 4.98 Å². The largest absolute Gasteiger partial charge is 0.381 e. The van der Waals surface area contributed by atoms with Crippen molar-refractivity contribution in [3.05, 3.63) is 35.1 Å². The van der Waals surface area contributed by atoms with Gasteiger partial charge in [-0.2, -0.15) is 0 Å². The Labute approximate surface area is 113 Å². The maximum absolute atomic E-state index is 5.88. The fourth-order valence-corrected chi connectivity index (χ4v) is 3.62. The SMILES string of the molecule is Cc1nc(Cl)ccc1NC(C)C1CC2C=CC1C2. The van der Waals surface area contributed by atoms with E-state index >= 15 is 0 Å². The molecule has 2 aliphatic rings. The molecular formula is C15H19ClN2. The van der Waals surface area contributed by atoms with Crippen LogP contribution in [0.4, 0.5) is 5.69 Å². The Bertz CT molecular complexity index is 483. The zero-order valence-corrected chi connectivity index (χ0v) is 11.6. The Balaban J connectivity index is 1.71. The molecule has 1 aromatic rings. The van der Waals surface area contributed by atoms with Crippen molar-refractivity contribution in [3.8, 4) is 0 Å². The van der Waals surface area contributed by atoms with Gasteiger partial charge in [0.05, 0.1) is 11.4 Å². The average Bonchev–Trinajstić information content (AvgIpc) is 2.94. The Morgan fingerprint density at radius 2 is 2.17 bits per heavy atom. The van der Waals surface area contributed by atoms with Gasteiger partial charge in [-0.1, -0.05) is 23.8 Å². The number of pyridine rings is 1. The Morgan fingerprint density at radius 1 is 1.33 bits per heavy atom. The number of allylic oxidation sites excluding steroid dienone is 2. The van der Waals surface area contributed by atoms with E-state index in [1.165, 1.54) is 12.8 Å². The van der Waals surface area contributed by atoms with E-state index in [4.69, 9.17) is 11.6 Å². The first-order chi connectivity index (χ1) is 8.63. The van der Waals surface area contributed by atoms with Gasteiger partial charge in [0.15, 0.2) is 0 Å². The number of anilines is 1. The van der Waals surface area contributed by atoms with Gasteiger partial charge in [0.1, 0.15) is 5.15 Å². The van der Waals surface area contributed by atoms with Crippen LogP contribution in [0.15, 0.2) is 24.3 Å². The summed E-state index contributed by atoms with van der Waals surface area (Å²) in [6, 6.07) is 4.38. The number of aryl methyl sites for hydroxylation is 1. The highest BCUT2D eigenvalue weighted by molar-refractivity contribution is 6.29. The normalized spacial score (nSPS) is 30.7. The van der Waals surface area contributed by atoms with E-state index in [2.05, 4.69) is 29.4 Å². The van der Waals surface area contributed by atoms with Crippen LogP contribution in [0, 0.1) is 24.7 Å². The summed E-state index contributed by atoms with van der Waals surface area (Å²) in [5.74, 6) is 2.36. The predicted octanol–water partition coefficient (Wildman–Crippen LogP) is 4.06. The second-order valence-corrected chi connectivity index (χ2v) is 6.03. The van der Waals surface area contributed by atoms with E-state index in [9.17, 15) is 0 Å². The van der Waals surface area contributed by atoms with Crippen LogP contribution in [0.2, 0.25) is 5.15 Å². The van der Waals surface area contributed by atoms with Crippen LogP contribution in [-0.2, 0) is 0 Å². The summed E-state index contributed by atoms with van der Waals surface area (Å²) in [7, 11) is 0. The highest BCUT2D eigenvalue weighted by Crippen LogP contribution is 2.45. The summed E-state index contributed by atoms with van der Waals surface area (Å²) >= 11 is 5.88. The van der Waals surface area contributed by atoms with Crippen LogP contribution in [0.5, 0.6) is 0 Å². The number of hydrogen-bond acceptors (Lipinski definition) is 2. The van der Waals surface area contributed by atoms with E-state index in [1.807, 2.05) is 19.1 Å². The van der Waals surface area contributed by atoms with Gasteiger partial charge in [-0.3, -0.25) is 0 Å². The maximum Gasteiger partial charge on any atom is 0.129 e. The number of halogens is 1. The molecule has 3 rings (SSSR count). The van der Waals surface area contributed by atoms with Crippen LogP contribution in [0.25, 0.3) is 0 Å². The molecule has 2 nitrogen and oxygen atoms in total. The van der Waals surface area contributed by atoms with Crippen molar-refractivity contribution in [1.82, 2.24) is 4.98 Å². The van der Waals surface area contributed by atoms with Crippen molar-refractivity contribution < 1.29 is 0 Å². The third kappa shape index (κ3) is 2.14. The molecule has 0 aliphatic heterocycles. The van der Waals surface area contributed by atoms with E-state index in [-0.39, 0.29) is 0 Å². The van der Waals surface area contributed by atoms with Gasteiger partial charge in [0.2, 0.25) is 0 Å². The first-order valence-corrected chi connectivity index (χ1v) is 7.09. The Hall–Kier alpha value is -1.02. The molecular weight excluding hydrogens is 244 g/mol. The summed E-state index contributed by atoms with van der Waals surface area (Å²) < 4.78 is 0. The second-order valence-electron chi connectivity index (χ2n) is 5.64. The third-order valence-electron chi connectivity index (χ3n) is 4.41. The van der Waals surface area contributed by atoms with Gasteiger partial charge in [-0.15, -0.1) is 0 Å². The molecule has 2 aliphatic carbocycles. The van der Waals surface area contributed by atoms with Gasteiger partial charge < -0.3 is 5.32 Å². The molecule has 1 aromatic heterocycles. The lowest BCUT2D eigenvalue weighted by Gasteiger charge is -2.27.